The highest BCUT2D eigenvalue weighted by molar-refractivity contribution is 5.84. The number of hydrogen-bond acceptors (Lipinski definition) is 6. The van der Waals surface area contributed by atoms with Crippen molar-refractivity contribution in [2.75, 3.05) is 24.6 Å². The summed E-state index contributed by atoms with van der Waals surface area (Å²) < 4.78 is 5.83. The number of ether oxygens (including phenoxy) is 1. The zero-order valence-electron chi connectivity index (χ0n) is 16.5. The van der Waals surface area contributed by atoms with E-state index in [9.17, 15) is 15.8 Å². The van der Waals surface area contributed by atoms with E-state index in [2.05, 4.69) is 17.9 Å². The molecule has 0 aliphatic carbocycles. The molecule has 1 N–H and O–H groups in total. The first-order valence-corrected chi connectivity index (χ1v) is 9.28. The Hall–Kier alpha value is -3.27. The lowest BCUT2D eigenvalue weighted by Gasteiger charge is -2.25. The number of benzene rings is 1. The number of nitriles is 3. The second-order valence-electron chi connectivity index (χ2n) is 6.96. The van der Waals surface area contributed by atoms with Gasteiger partial charge in [0.1, 0.15) is 29.4 Å². The Kier molecular flexibility index (Phi) is 6.83. The first-order valence-electron chi connectivity index (χ1n) is 9.28. The Morgan fingerprint density at radius 1 is 1.11 bits per heavy atom. The molecule has 1 aromatic rings. The zero-order chi connectivity index (χ0) is 20.7. The van der Waals surface area contributed by atoms with Crippen molar-refractivity contribution in [3.05, 3.63) is 46.7 Å². The van der Waals surface area contributed by atoms with Crippen LogP contribution in [-0.2, 0) is 4.74 Å². The van der Waals surface area contributed by atoms with E-state index < -0.39 is 5.60 Å². The van der Waals surface area contributed by atoms with Gasteiger partial charge in [0.15, 0.2) is 11.3 Å². The van der Waals surface area contributed by atoms with Gasteiger partial charge in [0.25, 0.3) is 0 Å². The molecule has 144 valence electrons. The molecule has 0 saturated heterocycles. The van der Waals surface area contributed by atoms with Crippen molar-refractivity contribution >= 4 is 11.3 Å². The summed E-state index contributed by atoms with van der Waals surface area (Å²) in [5.41, 5.74) is 1.76. The van der Waals surface area contributed by atoms with Crippen LogP contribution < -0.4 is 4.90 Å². The van der Waals surface area contributed by atoms with Crippen LogP contribution in [-0.4, -0.2) is 30.4 Å². The lowest BCUT2D eigenvalue weighted by molar-refractivity contribution is 0.109. The molecule has 1 aliphatic heterocycles. The molecule has 6 heteroatoms. The molecule has 6 nitrogen and oxygen atoms in total. The topological polar surface area (TPSA) is 104 Å². The van der Waals surface area contributed by atoms with Crippen molar-refractivity contribution in [1.82, 2.24) is 0 Å². The van der Waals surface area contributed by atoms with Crippen LogP contribution in [0, 0.1) is 34.0 Å². The molecule has 0 amide bonds. The molecule has 1 heterocycles. The maximum absolute atomic E-state index is 9.67. The van der Waals surface area contributed by atoms with Gasteiger partial charge in [-0.3, -0.25) is 0 Å². The van der Waals surface area contributed by atoms with E-state index in [0.717, 1.165) is 37.2 Å². The molecule has 0 saturated carbocycles. The van der Waals surface area contributed by atoms with Gasteiger partial charge in [-0.1, -0.05) is 12.1 Å². The van der Waals surface area contributed by atoms with Crippen LogP contribution in [0.1, 0.15) is 39.2 Å². The van der Waals surface area contributed by atoms with Gasteiger partial charge in [-0.05, 0) is 51.3 Å². The Labute approximate surface area is 166 Å². The summed E-state index contributed by atoms with van der Waals surface area (Å²) in [5.74, 6) is 0.0516. The predicted molar refractivity (Wildman–Crippen MR) is 107 cm³/mol. The van der Waals surface area contributed by atoms with E-state index in [1.807, 2.05) is 50.3 Å². The number of anilines is 1. The quantitative estimate of drug-likeness (QED) is 0.575. The third-order valence-corrected chi connectivity index (χ3v) is 4.74. The normalized spacial score (nSPS) is 14.7. The fraction of sp³-hybridized carbons (Fsp3) is 0.409. The summed E-state index contributed by atoms with van der Waals surface area (Å²) in [6.45, 7) is 7.63. The summed E-state index contributed by atoms with van der Waals surface area (Å²) in [5, 5.41) is 37.0. The largest absolute Gasteiger partial charge is 0.480 e. The molecule has 0 radical (unpaired) electrons. The van der Waals surface area contributed by atoms with E-state index in [1.54, 1.807) is 0 Å². The summed E-state index contributed by atoms with van der Waals surface area (Å²) in [7, 11) is 0. The number of allylic oxidation sites excluding steroid dienone is 2. The van der Waals surface area contributed by atoms with Gasteiger partial charge >= 0.3 is 0 Å². The Morgan fingerprint density at radius 3 is 2.25 bits per heavy atom. The Balaban J connectivity index is 2.44. The molecule has 0 fully saturated rings. The maximum atomic E-state index is 9.67. The molecule has 0 aromatic heterocycles. The predicted octanol–water partition coefficient (Wildman–Crippen LogP) is 3.67. The smallest absolute Gasteiger partial charge is 0.172 e. The summed E-state index contributed by atoms with van der Waals surface area (Å²) in [4.78, 5) is 2.23. The number of aliphatic hydroxyl groups excluding tert-OH is 1. The zero-order valence-corrected chi connectivity index (χ0v) is 16.5. The highest BCUT2D eigenvalue weighted by Crippen LogP contribution is 2.45. The first-order chi connectivity index (χ1) is 13.4. The van der Waals surface area contributed by atoms with Gasteiger partial charge < -0.3 is 14.7 Å². The van der Waals surface area contributed by atoms with Gasteiger partial charge in [-0.2, -0.15) is 15.8 Å². The molecule has 0 bridgehead atoms. The van der Waals surface area contributed by atoms with E-state index in [4.69, 9.17) is 9.84 Å². The monoisotopic (exact) mass is 376 g/mol. The minimum atomic E-state index is -0.827. The standard InChI is InChI=1S/C22H24N4O2/c1-4-26(11-5-6-12-27)18-9-7-16(8-10-18)20-19(15-25)21(17(13-23)14-24)28-22(20,2)3/h7-10,27H,4-6,11-12H2,1-3H3. The van der Waals surface area contributed by atoms with Crippen molar-refractivity contribution in [3.8, 4) is 18.2 Å². The van der Waals surface area contributed by atoms with Gasteiger partial charge in [0.2, 0.25) is 0 Å². The SMILES string of the molecule is CCN(CCCCO)c1ccc(C2=C(C#N)C(=C(C#N)C#N)OC2(C)C)cc1. The molecular formula is C22H24N4O2. The third kappa shape index (κ3) is 4.17. The number of aliphatic hydroxyl groups is 1. The van der Waals surface area contributed by atoms with Crippen molar-refractivity contribution < 1.29 is 9.84 Å². The average molecular weight is 376 g/mol. The van der Waals surface area contributed by atoms with Crippen LogP contribution in [0.4, 0.5) is 5.69 Å². The van der Waals surface area contributed by atoms with Crippen LogP contribution in [0.3, 0.4) is 0 Å². The molecular weight excluding hydrogens is 352 g/mol. The number of hydrogen-bond donors (Lipinski definition) is 1. The van der Waals surface area contributed by atoms with Crippen LogP contribution in [0.2, 0.25) is 0 Å². The summed E-state index contributed by atoms with van der Waals surface area (Å²) in [6, 6.07) is 13.6. The lowest BCUT2D eigenvalue weighted by Crippen LogP contribution is -2.24. The summed E-state index contributed by atoms with van der Waals surface area (Å²) in [6.07, 6.45) is 1.68. The number of unbranched alkanes of at least 4 members (excludes halogenated alkanes) is 1. The van der Waals surface area contributed by atoms with E-state index in [0.29, 0.717) is 5.57 Å². The molecule has 1 aliphatic rings. The van der Waals surface area contributed by atoms with Crippen LogP contribution in [0.25, 0.3) is 5.57 Å². The molecule has 0 atom stereocenters. The summed E-state index contributed by atoms with van der Waals surface area (Å²) >= 11 is 0. The van der Waals surface area contributed by atoms with Crippen molar-refractivity contribution in [3.63, 3.8) is 0 Å². The fourth-order valence-electron chi connectivity index (χ4n) is 3.40. The van der Waals surface area contributed by atoms with E-state index in [1.165, 1.54) is 0 Å². The maximum Gasteiger partial charge on any atom is 0.172 e. The highest BCUT2D eigenvalue weighted by Gasteiger charge is 2.40. The van der Waals surface area contributed by atoms with Gasteiger partial charge in [-0.15, -0.1) is 0 Å². The number of rotatable bonds is 7. The van der Waals surface area contributed by atoms with Crippen molar-refractivity contribution in [1.29, 1.82) is 15.8 Å². The molecule has 1 aromatic carbocycles. The average Bonchev–Trinajstić information content (AvgIpc) is 2.97. The third-order valence-electron chi connectivity index (χ3n) is 4.74. The van der Waals surface area contributed by atoms with Crippen molar-refractivity contribution in [2.45, 2.75) is 39.2 Å². The lowest BCUT2D eigenvalue weighted by atomic mass is 9.89. The molecule has 2 rings (SSSR count). The molecule has 28 heavy (non-hydrogen) atoms. The van der Waals surface area contributed by atoms with E-state index >= 15 is 0 Å². The minimum absolute atomic E-state index is 0.0516. The number of nitrogens with zero attached hydrogens (tertiary/aromatic N) is 4. The van der Waals surface area contributed by atoms with Crippen molar-refractivity contribution in [2.24, 2.45) is 0 Å². The Bertz CT molecular complexity index is 890. The molecule has 0 unspecified atom stereocenters. The second-order valence-corrected chi connectivity index (χ2v) is 6.96. The van der Waals surface area contributed by atoms with Gasteiger partial charge in [0.05, 0.1) is 0 Å². The Morgan fingerprint density at radius 2 is 1.75 bits per heavy atom. The first kappa shape index (κ1) is 21.0. The van der Waals surface area contributed by atoms with Crippen LogP contribution in [0.15, 0.2) is 41.2 Å². The van der Waals surface area contributed by atoms with Crippen LogP contribution >= 0.6 is 0 Å². The van der Waals surface area contributed by atoms with Gasteiger partial charge in [-0.25, -0.2) is 0 Å². The van der Waals surface area contributed by atoms with E-state index in [-0.39, 0.29) is 23.5 Å². The fourth-order valence-corrected chi connectivity index (χ4v) is 3.40. The highest BCUT2D eigenvalue weighted by atomic mass is 16.5. The van der Waals surface area contributed by atoms with Gasteiger partial charge in [0, 0.05) is 31.0 Å². The van der Waals surface area contributed by atoms with Crippen LogP contribution in [0.5, 0.6) is 0 Å². The minimum Gasteiger partial charge on any atom is -0.480 e. The molecule has 0 spiro atoms. The second kappa shape index (κ2) is 9.09.